The van der Waals surface area contributed by atoms with Gasteiger partial charge in [-0.25, -0.2) is 9.78 Å². The maximum atomic E-state index is 11.6. The van der Waals surface area contributed by atoms with Crippen LogP contribution in [0.15, 0.2) is 12.3 Å². The number of nitrogens with zero attached hydrogens (tertiary/aromatic N) is 1. The Hall–Kier alpha value is -1.98. The number of aromatic nitrogens is 1. The van der Waals surface area contributed by atoms with Gasteiger partial charge in [0, 0.05) is 6.07 Å². The summed E-state index contributed by atoms with van der Waals surface area (Å²) in [6, 6.07) is 1.66. The van der Waals surface area contributed by atoms with Gasteiger partial charge in [-0.15, -0.1) is 0 Å². The van der Waals surface area contributed by atoms with Crippen molar-refractivity contribution in [3.05, 3.63) is 12.3 Å². The molecule has 0 spiro atoms. The minimum atomic E-state index is -0.536. The fourth-order valence-corrected chi connectivity index (χ4v) is 1.42. The van der Waals surface area contributed by atoms with Gasteiger partial charge in [0.25, 0.3) is 5.88 Å². The summed E-state index contributed by atoms with van der Waals surface area (Å²) in [4.78, 5) is 15.6. The van der Waals surface area contributed by atoms with E-state index in [1.165, 1.54) is 6.20 Å². The highest BCUT2D eigenvalue weighted by atomic mass is 16.6. The van der Waals surface area contributed by atoms with Crippen LogP contribution in [-0.2, 0) is 4.74 Å². The molecule has 0 unspecified atom stereocenters. The molecule has 0 fully saturated rings. The van der Waals surface area contributed by atoms with Gasteiger partial charge in [0.1, 0.15) is 18.8 Å². The molecule has 0 bridgehead atoms. The fraction of sp³-hybridized carbons (Fsp3) is 0.500. The van der Waals surface area contributed by atoms with Gasteiger partial charge in [-0.3, -0.25) is 5.32 Å². The number of carbonyl (C=O) groups is 1. The molecule has 18 heavy (non-hydrogen) atoms. The van der Waals surface area contributed by atoms with Crippen LogP contribution in [0.3, 0.4) is 0 Å². The molecule has 98 valence electrons. The van der Waals surface area contributed by atoms with Crippen LogP contribution in [0.4, 0.5) is 10.5 Å². The molecule has 1 amide bonds. The lowest BCUT2D eigenvalue weighted by Crippen LogP contribution is -2.27. The molecule has 1 aliphatic rings. The summed E-state index contributed by atoms with van der Waals surface area (Å²) in [7, 11) is 0. The fourth-order valence-electron chi connectivity index (χ4n) is 1.42. The molecule has 1 aliphatic heterocycles. The Bertz CT molecular complexity index is 454. The largest absolute Gasteiger partial charge is 0.484 e. The highest BCUT2D eigenvalue weighted by Gasteiger charge is 2.18. The monoisotopic (exact) mass is 252 g/mol. The summed E-state index contributed by atoms with van der Waals surface area (Å²) in [6.45, 7) is 6.36. The van der Waals surface area contributed by atoms with E-state index in [1.54, 1.807) is 26.8 Å². The second kappa shape index (κ2) is 4.72. The smallest absolute Gasteiger partial charge is 0.412 e. The van der Waals surface area contributed by atoms with Crippen LogP contribution < -0.4 is 14.8 Å². The number of pyridine rings is 1. The van der Waals surface area contributed by atoms with Crippen molar-refractivity contribution in [2.24, 2.45) is 0 Å². The topological polar surface area (TPSA) is 69.7 Å². The number of fused-ring (bicyclic) bond motifs is 1. The van der Waals surface area contributed by atoms with Crippen molar-refractivity contribution in [3.8, 4) is 11.6 Å². The summed E-state index contributed by atoms with van der Waals surface area (Å²) >= 11 is 0. The minimum absolute atomic E-state index is 0.441. The first-order valence-corrected chi connectivity index (χ1v) is 5.70. The van der Waals surface area contributed by atoms with Crippen molar-refractivity contribution in [1.29, 1.82) is 0 Å². The third kappa shape index (κ3) is 3.26. The molecule has 0 aromatic carbocycles. The van der Waals surface area contributed by atoms with Crippen LogP contribution in [0.5, 0.6) is 11.6 Å². The quantitative estimate of drug-likeness (QED) is 0.829. The molecule has 6 nitrogen and oxygen atoms in total. The molecule has 1 aromatic heterocycles. The minimum Gasteiger partial charge on any atom is -0.484 e. The van der Waals surface area contributed by atoms with Crippen LogP contribution in [0.1, 0.15) is 20.8 Å². The zero-order chi connectivity index (χ0) is 13.2. The standard InChI is InChI=1S/C12H16N2O4/c1-12(2,3)18-11(15)14-8-6-9-10(13-7-8)17-5-4-16-9/h6-7H,4-5H2,1-3H3,(H,14,15). The van der Waals surface area contributed by atoms with E-state index >= 15 is 0 Å². The lowest BCUT2D eigenvalue weighted by Gasteiger charge is -2.20. The van der Waals surface area contributed by atoms with Crippen molar-refractivity contribution in [2.45, 2.75) is 26.4 Å². The average molecular weight is 252 g/mol. The Morgan fingerprint density at radius 2 is 2.11 bits per heavy atom. The van der Waals surface area contributed by atoms with Gasteiger partial charge < -0.3 is 14.2 Å². The van der Waals surface area contributed by atoms with Gasteiger partial charge >= 0.3 is 6.09 Å². The first kappa shape index (κ1) is 12.5. The average Bonchev–Trinajstić information content (AvgIpc) is 2.26. The van der Waals surface area contributed by atoms with Gasteiger partial charge in [0.2, 0.25) is 0 Å². The summed E-state index contributed by atoms with van der Waals surface area (Å²) < 4.78 is 15.8. The predicted molar refractivity (Wildman–Crippen MR) is 65.1 cm³/mol. The van der Waals surface area contributed by atoms with E-state index in [4.69, 9.17) is 14.2 Å². The van der Waals surface area contributed by atoms with E-state index in [9.17, 15) is 4.79 Å². The molecule has 0 aliphatic carbocycles. The Morgan fingerprint density at radius 1 is 1.39 bits per heavy atom. The summed E-state index contributed by atoms with van der Waals surface area (Å²) in [5, 5.41) is 2.59. The van der Waals surface area contributed by atoms with E-state index in [-0.39, 0.29) is 0 Å². The molecule has 0 atom stereocenters. The highest BCUT2D eigenvalue weighted by Crippen LogP contribution is 2.29. The lowest BCUT2D eigenvalue weighted by molar-refractivity contribution is 0.0635. The molecule has 2 rings (SSSR count). The van der Waals surface area contributed by atoms with Crippen LogP contribution >= 0.6 is 0 Å². The zero-order valence-electron chi connectivity index (χ0n) is 10.6. The molecule has 6 heteroatoms. The first-order valence-electron chi connectivity index (χ1n) is 5.70. The number of hydrogen-bond donors (Lipinski definition) is 1. The number of rotatable bonds is 1. The number of anilines is 1. The molecule has 1 N–H and O–H groups in total. The number of carbonyl (C=O) groups excluding carboxylic acids is 1. The number of amides is 1. The Kier molecular flexibility index (Phi) is 3.27. The first-order chi connectivity index (χ1) is 8.44. The maximum absolute atomic E-state index is 11.6. The molecule has 1 aromatic rings. The predicted octanol–water partition coefficient (Wildman–Crippen LogP) is 2.20. The van der Waals surface area contributed by atoms with E-state index < -0.39 is 11.7 Å². The maximum Gasteiger partial charge on any atom is 0.412 e. The Balaban J connectivity index is 2.04. The molecular formula is C12H16N2O4. The van der Waals surface area contributed by atoms with E-state index in [0.717, 1.165) is 0 Å². The van der Waals surface area contributed by atoms with Gasteiger partial charge in [-0.1, -0.05) is 0 Å². The van der Waals surface area contributed by atoms with Crippen LogP contribution in [0, 0.1) is 0 Å². The molecule has 0 saturated carbocycles. The van der Waals surface area contributed by atoms with Gasteiger partial charge in [-0.05, 0) is 20.8 Å². The summed E-state index contributed by atoms with van der Waals surface area (Å²) in [5.74, 6) is 0.964. The van der Waals surface area contributed by atoms with E-state index in [0.29, 0.717) is 30.5 Å². The number of ether oxygens (including phenoxy) is 3. The SMILES string of the molecule is CC(C)(C)OC(=O)Nc1cnc2c(c1)OCCO2. The summed E-state index contributed by atoms with van der Waals surface area (Å²) in [6.07, 6.45) is 0.971. The normalized spacial score (nSPS) is 13.9. The van der Waals surface area contributed by atoms with Crippen LogP contribution in [0.25, 0.3) is 0 Å². The van der Waals surface area contributed by atoms with Crippen molar-refractivity contribution in [3.63, 3.8) is 0 Å². The summed E-state index contributed by atoms with van der Waals surface area (Å²) in [5.41, 5.74) is -0.0285. The molecule has 0 saturated heterocycles. The molecular weight excluding hydrogens is 236 g/mol. The zero-order valence-corrected chi connectivity index (χ0v) is 10.6. The molecule has 0 radical (unpaired) electrons. The number of nitrogens with one attached hydrogen (secondary N) is 1. The van der Waals surface area contributed by atoms with Gasteiger partial charge in [0.05, 0.1) is 11.9 Å². The van der Waals surface area contributed by atoms with Crippen LogP contribution in [-0.4, -0.2) is 29.9 Å². The Labute approximate surface area is 105 Å². The van der Waals surface area contributed by atoms with Crippen LogP contribution in [0.2, 0.25) is 0 Å². The third-order valence-corrected chi connectivity index (χ3v) is 2.04. The van der Waals surface area contributed by atoms with Crippen molar-refractivity contribution in [2.75, 3.05) is 18.5 Å². The van der Waals surface area contributed by atoms with Crippen molar-refractivity contribution < 1.29 is 19.0 Å². The van der Waals surface area contributed by atoms with Crippen molar-refractivity contribution in [1.82, 2.24) is 4.98 Å². The van der Waals surface area contributed by atoms with E-state index in [1.807, 2.05) is 0 Å². The molecule has 2 heterocycles. The van der Waals surface area contributed by atoms with Gasteiger partial charge in [0.15, 0.2) is 5.75 Å². The van der Waals surface area contributed by atoms with Crippen molar-refractivity contribution >= 4 is 11.8 Å². The number of hydrogen-bond acceptors (Lipinski definition) is 5. The second-order valence-electron chi connectivity index (χ2n) is 4.85. The third-order valence-electron chi connectivity index (χ3n) is 2.04. The van der Waals surface area contributed by atoms with E-state index in [2.05, 4.69) is 10.3 Å². The lowest BCUT2D eigenvalue weighted by atomic mass is 10.2. The highest BCUT2D eigenvalue weighted by molar-refractivity contribution is 5.85. The second-order valence-corrected chi connectivity index (χ2v) is 4.85. The van der Waals surface area contributed by atoms with Gasteiger partial charge in [-0.2, -0.15) is 0 Å². The Morgan fingerprint density at radius 3 is 2.83 bits per heavy atom.